The number of Topliss-reactive ketones (excluding diaryl/α,β-unsaturated/α-hetero) is 1. The summed E-state index contributed by atoms with van der Waals surface area (Å²) in [5, 5.41) is 13.0. The highest BCUT2D eigenvalue weighted by Crippen LogP contribution is 2.66. The quantitative estimate of drug-likeness (QED) is 0.290. The van der Waals surface area contributed by atoms with Crippen molar-refractivity contribution >= 4 is 11.7 Å². The van der Waals surface area contributed by atoms with Gasteiger partial charge in [0.15, 0.2) is 17.3 Å². The van der Waals surface area contributed by atoms with Crippen molar-refractivity contribution < 1.29 is 24.2 Å². The van der Waals surface area contributed by atoms with Gasteiger partial charge < -0.3 is 19.5 Å². The summed E-state index contributed by atoms with van der Waals surface area (Å²) < 4.78 is 13.5. The number of amides is 1. The van der Waals surface area contributed by atoms with Crippen LogP contribution in [0.15, 0.2) is 72.8 Å². The smallest absolute Gasteiger partial charge is 0.233 e. The molecule has 1 N–H and O–H groups in total. The van der Waals surface area contributed by atoms with Crippen LogP contribution in [0.3, 0.4) is 0 Å². The molecule has 1 amide bonds. The number of ketones is 1. The van der Waals surface area contributed by atoms with Gasteiger partial charge in [-0.25, -0.2) is 0 Å². The second-order valence-electron chi connectivity index (χ2n) is 14.3. The minimum absolute atomic E-state index is 0.0233. The Morgan fingerprint density at radius 3 is 2.49 bits per heavy atom. The third-order valence-electron chi connectivity index (χ3n) is 12.0. The zero-order chi connectivity index (χ0) is 30.3. The highest BCUT2D eigenvalue weighted by molar-refractivity contribution is 6.11. The van der Waals surface area contributed by atoms with Gasteiger partial charge in [0.25, 0.3) is 0 Å². The van der Waals surface area contributed by atoms with Gasteiger partial charge in [0, 0.05) is 30.3 Å². The standard InChI is InChI=1S/C38H40N2O5/c41-33(26-9-5-2-6-10-26)28-16-19-40(36(28)42)29-15-17-38(43)31-21-27-13-14-30(44-23-25-7-3-1-4-8-25)34-32(27)37(38,35(29)45-34)18-20-39(31)22-24-11-12-24/h1-10,13-14,24,28-29,31,35,43H,11-12,15-23H2/t28?,29-,31+,35-,37-,38?/m0/s1. The first-order valence-corrected chi connectivity index (χ1v) is 16.8. The van der Waals surface area contributed by atoms with Gasteiger partial charge in [-0.15, -0.1) is 0 Å². The van der Waals surface area contributed by atoms with Gasteiger partial charge in [0.2, 0.25) is 5.91 Å². The number of hydrogen-bond donors (Lipinski definition) is 1. The van der Waals surface area contributed by atoms with E-state index < -0.39 is 23.0 Å². The summed E-state index contributed by atoms with van der Waals surface area (Å²) >= 11 is 0. The molecule has 3 aromatic carbocycles. The van der Waals surface area contributed by atoms with E-state index in [1.807, 2.05) is 47.4 Å². The van der Waals surface area contributed by atoms with Crippen molar-refractivity contribution in [1.82, 2.24) is 9.80 Å². The summed E-state index contributed by atoms with van der Waals surface area (Å²) in [5.74, 6) is 1.31. The molecule has 2 unspecified atom stereocenters. The lowest BCUT2D eigenvalue weighted by Crippen LogP contribution is -2.78. The lowest BCUT2D eigenvalue weighted by atomic mass is 9.48. The van der Waals surface area contributed by atoms with E-state index in [2.05, 4.69) is 23.1 Å². The molecule has 232 valence electrons. The third kappa shape index (κ3) is 4.02. The highest BCUT2D eigenvalue weighted by atomic mass is 16.5. The number of hydrogen-bond acceptors (Lipinski definition) is 6. The van der Waals surface area contributed by atoms with Crippen LogP contribution in [-0.2, 0) is 23.2 Å². The summed E-state index contributed by atoms with van der Waals surface area (Å²) in [5.41, 5.74) is 2.42. The zero-order valence-electron chi connectivity index (χ0n) is 25.6. The summed E-state index contributed by atoms with van der Waals surface area (Å²) in [4.78, 5) is 32.0. The second-order valence-corrected chi connectivity index (χ2v) is 14.3. The van der Waals surface area contributed by atoms with Crippen molar-refractivity contribution in [3.63, 3.8) is 0 Å². The minimum Gasteiger partial charge on any atom is -0.485 e. The topological polar surface area (TPSA) is 79.3 Å². The number of carbonyl (C=O) groups excluding carboxylic acids is 2. The Hall–Kier alpha value is -3.68. The molecule has 3 heterocycles. The van der Waals surface area contributed by atoms with Gasteiger partial charge in [0.1, 0.15) is 18.6 Å². The molecule has 2 bridgehead atoms. The molecule has 45 heavy (non-hydrogen) atoms. The Kier molecular flexibility index (Phi) is 6.24. The van der Waals surface area contributed by atoms with E-state index >= 15 is 0 Å². The Morgan fingerprint density at radius 1 is 0.933 bits per heavy atom. The Labute approximate surface area is 264 Å². The van der Waals surface area contributed by atoms with E-state index in [4.69, 9.17) is 9.47 Å². The molecule has 6 atom stereocenters. The van der Waals surface area contributed by atoms with Crippen molar-refractivity contribution in [2.24, 2.45) is 11.8 Å². The normalized spacial score (nSPS) is 33.1. The van der Waals surface area contributed by atoms with E-state index in [1.165, 1.54) is 18.4 Å². The van der Waals surface area contributed by atoms with Crippen LogP contribution >= 0.6 is 0 Å². The fourth-order valence-corrected chi connectivity index (χ4v) is 9.69. The molecular formula is C38H40N2O5. The maximum atomic E-state index is 14.1. The van der Waals surface area contributed by atoms with Crippen LogP contribution in [0.2, 0.25) is 0 Å². The summed E-state index contributed by atoms with van der Waals surface area (Å²) in [7, 11) is 0. The van der Waals surface area contributed by atoms with Crippen LogP contribution in [0.4, 0.5) is 0 Å². The number of aliphatic hydroxyl groups is 1. The predicted molar refractivity (Wildman–Crippen MR) is 168 cm³/mol. The molecule has 3 aliphatic carbocycles. The Morgan fingerprint density at radius 2 is 1.71 bits per heavy atom. The van der Waals surface area contributed by atoms with Gasteiger partial charge >= 0.3 is 0 Å². The summed E-state index contributed by atoms with van der Waals surface area (Å²) in [6.07, 6.45) is 5.51. The number of benzene rings is 3. The van der Waals surface area contributed by atoms with E-state index in [-0.39, 0.29) is 23.8 Å². The van der Waals surface area contributed by atoms with Gasteiger partial charge in [0.05, 0.1) is 17.1 Å². The van der Waals surface area contributed by atoms with Gasteiger partial charge in [-0.2, -0.15) is 0 Å². The molecule has 7 nitrogen and oxygen atoms in total. The molecule has 3 aliphatic heterocycles. The number of carbonyl (C=O) groups is 2. The van der Waals surface area contributed by atoms with Crippen LogP contribution in [0, 0.1) is 11.8 Å². The highest BCUT2D eigenvalue weighted by Gasteiger charge is 2.74. The molecule has 9 rings (SSSR count). The van der Waals surface area contributed by atoms with E-state index in [1.54, 1.807) is 12.1 Å². The predicted octanol–water partition coefficient (Wildman–Crippen LogP) is 4.93. The lowest BCUT2D eigenvalue weighted by molar-refractivity contribution is -0.200. The van der Waals surface area contributed by atoms with Crippen LogP contribution in [0.5, 0.6) is 11.5 Å². The van der Waals surface area contributed by atoms with Crippen molar-refractivity contribution in [1.29, 1.82) is 0 Å². The second kappa shape index (κ2) is 10.2. The number of nitrogens with zero attached hydrogens (tertiary/aromatic N) is 2. The maximum absolute atomic E-state index is 14.1. The number of rotatable bonds is 8. The molecule has 2 saturated carbocycles. The number of piperidine rings is 1. The van der Waals surface area contributed by atoms with Crippen LogP contribution in [0.1, 0.15) is 65.6 Å². The van der Waals surface area contributed by atoms with Gasteiger partial charge in [-0.3, -0.25) is 14.5 Å². The number of likely N-dealkylation sites (tertiary alicyclic amines) is 2. The number of ether oxygens (including phenoxy) is 2. The SMILES string of the molecule is O=C(c1ccccc1)C1CCN([C@H]2CCC3(O)[C@H]4Cc5ccc(OCc6ccccc6)c6c5[C@@]3(CCN4CC3CC3)[C@H]2O6)C1=O. The van der Waals surface area contributed by atoms with Crippen LogP contribution in [-0.4, -0.2) is 70.0 Å². The molecule has 4 fully saturated rings. The first-order valence-electron chi connectivity index (χ1n) is 16.8. The average Bonchev–Trinajstić information content (AvgIpc) is 3.70. The van der Waals surface area contributed by atoms with Crippen LogP contribution < -0.4 is 9.47 Å². The van der Waals surface area contributed by atoms with Gasteiger partial charge in [-0.1, -0.05) is 66.7 Å². The monoisotopic (exact) mass is 604 g/mol. The molecule has 6 aliphatic rings. The maximum Gasteiger partial charge on any atom is 0.233 e. The van der Waals surface area contributed by atoms with Crippen molar-refractivity contribution in [2.75, 3.05) is 19.6 Å². The Bertz CT molecular complexity index is 1660. The summed E-state index contributed by atoms with van der Waals surface area (Å²) in [6, 6.07) is 23.3. The Balaban J connectivity index is 1.09. The van der Waals surface area contributed by atoms with Crippen LogP contribution in [0.25, 0.3) is 0 Å². The average molecular weight is 605 g/mol. The molecule has 2 saturated heterocycles. The van der Waals surface area contributed by atoms with Crippen molar-refractivity contribution in [3.8, 4) is 11.5 Å². The largest absolute Gasteiger partial charge is 0.485 e. The molecule has 0 radical (unpaired) electrons. The molecule has 3 aromatic rings. The molecule has 7 heteroatoms. The molecular weight excluding hydrogens is 564 g/mol. The van der Waals surface area contributed by atoms with E-state index in [0.717, 1.165) is 48.7 Å². The zero-order valence-corrected chi connectivity index (χ0v) is 25.6. The third-order valence-corrected chi connectivity index (χ3v) is 12.0. The fourth-order valence-electron chi connectivity index (χ4n) is 9.69. The first-order chi connectivity index (χ1) is 22.0. The van der Waals surface area contributed by atoms with E-state index in [9.17, 15) is 14.7 Å². The van der Waals surface area contributed by atoms with Gasteiger partial charge in [-0.05, 0) is 74.6 Å². The fraction of sp³-hybridized carbons (Fsp3) is 0.474. The minimum atomic E-state index is -0.959. The van der Waals surface area contributed by atoms with Crippen molar-refractivity contribution in [3.05, 3.63) is 95.1 Å². The van der Waals surface area contributed by atoms with Crippen molar-refractivity contribution in [2.45, 2.75) is 80.8 Å². The summed E-state index contributed by atoms with van der Waals surface area (Å²) in [6.45, 7) is 2.91. The lowest BCUT2D eigenvalue weighted by Gasteiger charge is -2.64. The van der Waals surface area contributed by atoms with E-state index in [0.29, 0.717) is 43.7 Å². The first kappa shape index (κ1) is 27.6. The molecule has 1 spiro atoms. The molecule has 0 aromatic heterocycles.